The van der Waals surface area contributed by atoms with Crippen LogP contribution < -0.4 is 5.32 Å². The fourth-order valence-corrected chi connectivity index (χ4v) is 8.29. The Labute approximate surface area is 350 Å². The molecule has 0 rings (SSSR count). The molecule has 0 bridgehead atoms. The predicted octanol–water partition coefficient (Wildman–Crippen LogP) is 14.0. The van der Waals surface area contributed by atoms with E-state index in [9.17, 15) is 25.2 Å². The van der Waals surface area contributed by atoms with Gasteiger partial charge in [0, 0.05) is 0 Å². The van der Waals surface area contributed by atoms with Gasteiger partial charge in [0.15, 0.2) is 0 Å². The van der Waals surface area contributed by atoms with E-state index in [1.807, 2.05) is 0 Å². The Morgan fingerprint density at radius 3 is 0.857 bits per heavy atom. The summed E-state index contributed by atoms with van der Waals surface area (Å²) in [6.45, 7) is 4.08. The zero-order chi connectivity index (χ0) is 41.0. The maximum Gasteiger partial charge on any atom is 0.249 e. The summed E-state index contributed by atoms with van der Waals surface area (Å²) in [5.74, 6) is -0.579. The molecule has 4 unspecified atom stereocenters. The van der Waals surface area contributed by atoms with Gasteiger partial charge < -0.3 is 25.7 Å². The zero-order valence-electron chi connectivity index (χ0n) is 37.9. The molecule has 1 amide bonds. The summed E-state index contributed by atoms with van der Waals surface area (Å²) in [7, 11) is 0. The van der Waals surface area contributed by atoms with E-state index in [1.54, 1.807) is 0 Å². The fraction of sp³-hybridized carbons (Fsp3) is 0.980. The molecule has 56 heavy (non-hydrogen) atoms. The number of nitrogens with one attached hydrogen (secondary N) is 1. The van der Waals surface area contributed by atoms with Crippen LogP contribution in [0.1, 0.15) is 284 Å². The second-order valence-electron chi connectivity index (χ2n) is 17.9. The normalized spacial score (nSPS) is 13.9. The lowest BCUT2D eigenvalue weighted by Gasteiger charge is -2.27. The van der Waals surface area contributed by atoms with Gasteiger partial charge in [-0.3, -0.25) is 4.79 Å². The first kappa shape index (κ1) is 55.3. The Bertz CT molecular complexity index is 766. The summed E-state index contributed by atoms with van der Waals surface area (Å²) in [4.78, 5) is 12.5. The van der Waals surface area contributed by atoms with E-state index in [4.69, 9.17) is 0 Å². The monoisotopic (exact) mass is 796 g/mol. The molecule has 0 saturated heterocycles. The summed E-state index contributed by atoms with van der Waals surface area (Å²) in [6, 6.07) is -0.979. The highest BCUT2D eigenvalue weighted by Crippen LogP contribution is 2.18. The van der Waals surface area contributed by atoms with Crippen LogP contribution in [0.4, 0.5) is 0 Å². The average molecular weight is 796 g/mol. The van der Waals surface area contributed by atoms with Crippen LogP contribution in [0.2, 0.25) is 0 Å². The Morgan fingerprint density at radius 1 is 0.375 bits per heavy atom. The number of hydrogen-bond donors (Lipinski definition) is 5. The molecular weight excluding hydrogens is 695 g/mol. The van der Waals surface area contributed by atoms with Crippen LogP contribution in [0, 0.1) is 0 Å². The van der Waals surface area contributed by atoms with E-state index < -0.39 is 36.9 Å². The van der Waals surface area contributed by atoms with Crippen LogP contribution in [0.3, 0.4) is 0 Å². The largest absolute Gasteiger partial charge is 0.394 e. The minimum Gasteiger partial charge on any atom is -0.394 e. The number of amides is 1. The van der Waals surface area contributed by atoms with Crippen molar-refractivity contribution in [3.05, 3.63) is 0 Å². The number of hydrogen-bond acceptors (Lipinski definition) is 5. The minimum absolute atomic E-state index is 0.375. The molecule has 0 saturated carbocycles. The van der Waals surface area contributed by atoms with Crippen molar-refractivity contribution in [2.45, 2.75) is 308 Å². The molecule has 0 aromatic rings. The third-order valence-electron chi connectivity index (χ3n) is 12.3. The quantitative estimate of drug-likeness (QED) is 0.0394. The lowest BCUT2D eigenvalue weighted by atomic mass is 9.99. The third kappa shape index (κ3) is 38.8. The summed E-state index contributed by atoms with van der Waals surface area (Å²) in [5, 5.41) is 43.8. The number of unbranched alkanes of at least 4 members (excludes halogenated alkanes) is 38. The third-order valence-corrected chi connectivity index (χ3v) is 12.3. The Balaban J connectivity index is 3.59. The van der Waals surface area contributed by atoms with Gasteiger partial charge in [-0.05, 0) is 12.8 Å². The molecule has 4 atom stereocenters. The number of rotatable bonds is 47. The predicted molar refractivity (Wildman–Crippen MR) is 242 cm³/mol. The van der Waals surface area contributed by atoms with Gasteiger partial charge in [-0.25, -0.2) is 0 Å². The van der Waals surface area contributed by atoms with E-state index >= 15 is 0 Å². The highest BCUT2D eigenvalue weighted by atomic mass is 16.3. The number of aliphatic hydroxyl groups is 4. The first-order valence-electron chi connectivity index (χ1n) is 25.4. The van der Waals surface area contributed by atoms with Gasteiger partial charge in [-0.1, -0.05) is 271 Å². The van der Waals surface area contributed by atoms with Gasteiger partial charge in [0.25, 0.3) is 0 Å². The number of carbonyl (C=O) groups is 1. The first-order chi connectivity index (χ1) is 27.5. The van der Waals surface area contributed by atoms with Crippen molar-refractivity contribution in [3.8, 4) is 0 Å². The van der Waals surface area contributed by atoms with Crippen molar-refractivity contribution < 1.29 is 25.2 Å². The molecule has 0 heterocycles. The Hall–Kier alpha value is -0.690. The SMILES string of the molecule is CCCCCCCCCCCCCCCCCCCCCCCCCCCCC(O)C(O)C(CO)NC(=O)C(O)CCCCCCCCCCCCCCCC. The van der Waals surface area contributed by atoms with E-state index in [-0.39, 0.29) is 0 Å². The van der Waals surface area contributed by atoms with Crippen LogP contribution in [-0.2, 0) is 4.79 Å². The lowest BCUT2D eigenvalue weighted by Crippen LogP contribution is -2.53. The van der Waals surface area contributed by atoms with Crippen LogP contribution in [0.15, 0.2) is 0 Å². The second-order valence-corrected chi connectivity index (χ2v) is 17.9. The average Bonchev–Trinajstić information content (AvgIpc) is 3.20. The lowest BCUT2D eigenvalue weighted by molar-refractivity contribution is -0.132. The van der Waals surface area contributed by atoms with E-state index in [0.29, 0.717) is 12.8 Å². The number of aliphatic hydroxyl groups excluding tert-OH is 4. The maximum atomic E-state index is 12.5. The molecule has 6 heteroatoms. The van der Waals surface area contributed by atoms with Gasteiger partial charge in [0.2, 0.25) is 5.91 Å². The summed E-state index contributed by atoms with van der Waals surface area (Å²) in [5.41, 5.74) is 0. The molecule has 0 fully saturated rings. The highest BCUT2D eigenvalue weighted by Gasteiger charge is 2.28. The van der Waals surface area contributed by atoms with Gasteiger partial charge in [-0.2, -0.15) is 0 Å². The highest BCUT2D eigenvalue weighted by molar-refractivity contribution is 5.80. The van der Waals surface area contributed by atoms with Crippen LogP contribution in [0.5, 0.6) is 0 Å². The molecule has 0 radical (unpaired) electrons. The van der Waals surface area contributed by atoms with Crippen molar-refractivity contribution in [1.82, 2.24) is 5.32 Å². The molecule has 0 aromatic heterocycles. The molecule has 0 spiro atoms. The maximum absolute atomic E-state index is 12.5. The van der Waals surface area contributed by atoms with Crippen LogP contribution >= 0.6 is 0 Å². The van der Waals surface area contributed by atoms with Gasteiger partial charge in [0.1, 0.15) is 12.2 Å². The molecule has 5 N–H and O–H groups in total. The van der Waals surface area contributed by atoms with Gasteiger partial charge in [-0.15, -0.1) is 0 Å². The molecule has 336 valence electrons. The summed E-state index contributed by atoms with van der Waals surface area (Å²) in [6.07, 6.45) is 50.1. The van der Waals surface area contributed by atoms with Gasteiger partial charge >= 0.3 is 0 Å². The molecule has 6 nitrogen and oxygen atoms in total. The van der Waals surface area contributed by atoms with Crippen molar-refractivity contribution in [1.29, 1.82) is 0 Å². The van der Waals surface area contributed by atoms with Crippen molar-refractivity contribution in [2.24, 2.45) is 0 Å². The summed E-state index contributed by atoms with van der Waals surface area (Å²) >= 11 is 0. The van der Waals surface area contributed by atoms with Crippen molar-refractivity contribution >= 4 is 5.91 Å². The summed E-state index contributed by atoms with van der Waals surface area (Å²) < 4.78 is 0. The smallest absolute Gasteiger partial charge is 0.249 e. The van der Waals surface area contributed by atoms with Crippen molar-refractivity contribution in [3.63, 3.8) is 0 Å². The topological polar surface area (TPSA) is 110 Å². The standard InChI is InChI=1S/C50H101NO5/c1-3-5-7-9-11-13-15-17-19-20-21-22-23-24-25-26-27-28-29-30-32-33-35-37-39-41-43-47(53)49(55)46(45-52)51-50(56)48(54)44-42-40-38-36-34-31-18-16-14-12-10-8-6-4-2/h46-49,52-55H,3-45H2,1-2H3,(H,51,56). The second kappa shape index (κ2) is 45.4. The van der Waals surface area contributed by atoms with Gasteiger partial charge in [0.05, 0.1) is 18.8 Å². The molecule has 0 aliphatic heterocycles. The van der Waals surface area contributed by atoms with Crippen molar-refractivity contribution in [2.75, 3.05) is 6.61 Å². The zero-order valence-corrected chi connectivity index (χ0v) is 37.9. The van der Waals surface area contributed by atoms with E-state index in [2.05, 4.69) is 19.2 Å². The Morgan fingerprint density at radius 2 is 0.607 bits per heavy atom. The minimum atomic E-state index is -1.25. The Kier molecular flexibility index (Phi) is 44.8. The van der Waals surface area contributed by atoms with Crippen LogP contribution in [-0.4, -0.2) is 57.3 Å². The molecule has 0 aliphatic rings. The fourth-order valence-electron chi connectivity index (χ4n) is 8.29. The van der Waals surface area contributed by atoms with Crippen LogP contribution in [0.25, 0.3) is 0 Å². The number of carbonyl (C=O) groups excluding carboxylic acids is 1. The van der Waals surface area contributed by atoms with E-state index in [0.717, 1.165) is 38.5 Å². The van der Waals surface area contributed by atoms with E-state index in [1.165, 1.54) is 218 Å². The molecular formula is C50H101NO5. The first-order valence-corrected chi connectivity index (χ1v) is 25.4. The molecule has 0 aliphatic carbocycles. The molecule has 0 aromatic carbocycles.